The molecule has 1 amide bonds. The number of rotatable bonds is 5. The lowest BCUT2D eigenvalue weighted by atomic mass is 9.99. The number of amides is 1. The van der Waals surface area contributed by atoms with Crippen LogP contribution < -0.4 is 10.6 Å². The SMILES string of the molecule is C#Cc1cccc(NC(=O)CN=C(NCC)N2CC(C)C(C(=O)OC)C2)c1. The van der Waals surface area contributed by atoms with Crippen LogP contribution in [-0.4, -0.2) is 56.0 Å². The fourth-order valence-electron chi connectivity index (χ4n) is 3.06. The van der Waals surface area contributed by atoms with E-state index in [0.717, 1.165) is 0 Å². The summed E-state index contributed by atoms with van der Waals surface area (Å²) in [5.41, 5.74) is 1.33. The van der Waals surface area contributed by atoms with E-state index < -0.39 is 0 Å². The van der Waals surface area contributed by atoms with Crippen molar-refractivity contribution in [3.8, 4) is 12.3 Å². The maximum Gasteiger partial charge on any atom is 0.310 e. The molecule has 7 nitrogen and oxygen atoms in total. The van der Waals surface area contributed by atoms with Crippen LogP contribution in [-0.2, 0) is 14.3 Å². The predicted molar refractivity (Wildman–Crippen MR) is 105 cm³/mol. The zero-order chi connectivity index (χ0) is 19.8. The first-order valence-corrected chi connectivity index (χ1v) is 8.96. The first kappa shape index (κ1) is 20.3. The molecule has 1 heterocycles. The summed E-state index contributed by atoms with van der Waals surface area (Å²) in [4.78, 5) is 30.5. The Morgan fingerprint density at radius 2 is 2.19 bits per heavy atom. The Bertz CT molecular complexity index is 754. The largest absolute Gasteiger partial charge is 0.469 e. The van der Waals surface area contributed by atoms with Crippen molar-refractivity contribution in [3.05, 3.63) is 29.8 Å². The second kappa shape index (κ2) is 9.62. The van der Waals surface area contributed by atoms with Crippen LogP contribution in [0.15, 0.2) is 29.3 Å². The summed E-state index contributed by atoms with van der Waals surface area (Å²) in [5.74, 6) is 2.65. The number of guanidine groups is 1. The highest BCUT2D eigenvalue weighted by molar-refractivity contribution is 5.94. The minimum Gasteiger partial charge on any atom is -0.469 e. The number of hydrogen-bond acceptors (Lipinski definition) is 4. The summed E-state index contributed by atoms with van der Waals surface area (Å²) in [6.45, 7) is 5.80. The molecule has 0 bridgehead atoms. The Balaban J connectivity index is 2.01. The molecule has 2 unspecified atom stereocenters. The number of nitrogens with one attached hydrogen (secondary N) is 2. The van der Waals surface area contributed by atoms with Crippen molar-refractivity contribution in [2.24, 2.45) is 16.8 Å². The van der Waals surface area contributed by atoms with Crippen LogP contribution in [0.5, 0.6) is 0 Å². The van der Waals surface area contributed by atoms with Gasteiger partial charge in [0.25, 0.3) is 0 Å². The highest BCUT2D eigenvalue weighted by atomic mass is 16.5. The van der Waals surface area contributed by atoms with E-state index in [1.807, 2.05) is 18.7 Å². The number of esters is 1. The van der Waals surface area contributed by atoms with Crippen LogP contribution in [0.3, 0.4) is 0 Å². The van der Waals surface area contributed by atoms with E-state index >= 15 is 0 Å². The summed E-state index contributed by atoms with van der Waals surface area (Å²) < 4.78 is 4.87. The topological polar surface area (TPSA) is 83.0 Å². The van der Waals surface area contributed by atoms with Crippen molar-refractivity contribution >= 4 is 23.5 Å². The predicted octanol–water partition coefficient (Wildman–Crippen LogP) is 1.31. The van der Waals surface area contributed by atoms with Gasteiger partial charge in [-0.05, 0) is 31.0 Å². The van der Waals surface area contributed by atoms with Gasteiger partial charge in [0.15, 0.2) is 5.96 Å². The molecule has 1 saturated heterocycles. The molecular weight excluding hydrogens is 344 g/mol. The van der Waals surface area contributed by atoms with E-state index in [4.69, 9.17) is 11.2 Å². The van der Waals surface area contributed by atoms with Gasteiger partial charge in [0.1, 0.15) is 6.54 Å². The monoisotopic (exact) mass is 370 g/mol. The molecule has 0 saturated carbocycles. The second-order valence-electron chi connectivity index (χ2n) is 6.46. The van der Waals surface area contributed by atoms with Crippen LogP contribution >= 0.6 is 0 Å². The average molecular weight is 370 g/mol. The van der Waals surface area contributed by atoms with Gasteiger partial charge in [-0.15, -0.1) is 6.42 Å². The van der Waals surface area contributed by atoms with E-state index in [-0.39, 0.29) is 30.3 Å². The van der Waals surface area contributed by atoms with Gasteiger partial charge in [0, 0.05) is 30.9 Å². The molecule has 0 spiro atoms. The lowest BCUT2D eigenvalue weighted by molar-refractivity contribution is -0.146. The van der Waals surface area contributed by atoms with Crippen LogP contribution in [0.4, 0.5) is 5.69 Å². The number of ether oxygens (including phenoxy) is 1. The van der Waals surface area contributed by atoms with E-state index in [0.29, 0.717) is 36.8 Å². The van der Waals surface area contributed by atoms with Gasteiger partial charge in [-0.25, -0.2) is 4.99 Å². The number of anilines is 1. The van der Waals surface area contributed by atoms with E-state index in [1.165, 1.54) is 7.11 Å². The van der Waals surface area contributed by atoms with Gasteiger partial charge in [-0.3, -0.25) is 9.59 Å². The Morgan fingerprint density at radius 1 is 1.41 bits per heavy atom. The van der Waals surface area contributed by atoms with Crippen LogP contribution in [0.2, 0.25) is 0 Å². The third-order valence-electron chi connectivity index (χ3n) is 4.44. The smallest absolute Gasteiger partial charge is 0.310 e. The minimum atomic E-state index is -0.240. The van der Waals surface area contributed by atoms with E-state index in [2.05, 4.69) is 21.5 Å². The molecule has 1 aliphatic rings. The van der Waals surface area contributed by atoms with Crippen molar-refractivity contribution in [1.82, 2.24) is 10.2 Å². The molecule has 144 valence electrons. The number of carbonyl (C=O) groups is 2. The highest BCUT2D eigenvalue weighted by Crippen LogP contribution is 2.24. The number of hydrogen-bond donors (Lipinski definition) is 2. The number of terminal acetylenes is 1. The summed E-state index contributed by atoms with van der Waals surface area (Å²) >= 11 is 0. The summed E-state index contributed by atoms with van der Waals surface area (Å²) in [5, 5.41) is 5.96. The number of carbonyl (C=O) groups excluding carboxylic acids is 2. The van der Waals surface area contributed by atoms with Gasteiger partial charge in [0.2, 0.25) is 5.91 Å². The molecule has 27 heavy (non-hydrogen) atoms. The molecule has 1 aromatic carbocycles. The van der Waals surface area contributed by atoms with Gasteiger partial charge >= 0.3 is 5.97 Å². The lowest BCUT2D eigenvalue weighted by Crippen LogP contribution is -2.41. The number of methoxy groups -OCH3 is 1. The molecule has 2 N–H and O–H groups in total. The Kier molecular flexibility index (Phi) is 7.24. The van der Waals surface area contributed by atoms with Crippen molar-refractivity contribution in [1.29, 1.82) is 0 Å². The van der Waals surface area contributed by atoms with Crippen LogP contribution in [0.1, 0.15) is 19.4 Å². The fraction of sp³-hybridized carbons (Fsp3) is 0.450. The molecule has 1 fully saturated rings. The Labute approximate surface area is 160 Å². The summed E-state index contributed by atoms with van der Waals surface area (Å²) in [6, 6.07) is 7.09. The standard InChI is InChI=1S/C20H26N4O3/c1-5-15-8-7-9-16(10-15)23-18(25)11-22-20(21-6-2)24-12-14(3)17(13-24)19(26)27-4/h1,7-10,14,17H,6,11-13H2,2-4H3,(H,21,22)(H,23,25). The first-order chi connectivity index (χ1) is 13.0. The molecule has 0 aromatic heterocycles. The minimum absolute atomic E-state index is 0.0314. The quantitative estimate of drug-likeness (QED) is 0.353. The average Bonchev–Trinajstić information content (AvgIpc) is 3.06. The summed E-state index contributed by atoms with van der Waals surface area (Å²) in [6.07, 6.45) is 5.37. The van der Waals surface area contributed by atoms with Gasteiger partial charge < -0.3 is 20.3 Å². The Hall–Kier alpha value is -3.01. The van der Waals surface area contributed by atoms with Crippen LogP contribution in [0.25, 0.3) is 0 Å². The van der Waals surface area contributed by atoms with Crippen molar-refractivity contribution in [2.45, 2.75) is 13.8 Å². The highest BCUT2D eigenvalue weighted by Gasteiger charge is 2.36. The number of likely N-dealkylation sites (tertiary alicyclic amines) is 1. The Morgan fingerprint density at radius 3 is 2.85 bits per heavy atom. The third-order valence-corrected chi connectivity index (χ3v) is 4.44. The molecule has 1 aromatic rings. The third kappa shape index (κ3) is 5.48. The lowest BCUT2D eigenvalue weighted by Gasteiger charge is -2.21. The number of nitrogens with zero attached hydrogens (tertiary/aromatic N) is 2. The van der Waals surface area contributed by atoms with Crippen molar-refractivity contribution in [3.63, 3.8) is 0 Å². The first-order valence-electron chi connectivity index (χ1n) is 8.96. The van der Waals surface area contributed by atoms with Gasteiger partial charge in [0.05, 0.1) is 13.0 Å². The molecule has 0 aliphatic carbocycles. The van der Waals surface area contributed by atoms with Gasteiger partial charge in [-0.2, -0.15) is 0 Å². The maximum absolute atomic E-state index is 12.2. The fourth-order valence-corrected chi connectivity index (χ4v) is 3.06. The van der Waals surface area contributed by atoms with E-state index in [9.17, 15) is 9.59 Å². The molecular formula is C20H26N4O3. The molecule has 0 radical (unpaired) electrons. The van der Waals surface area contributed by atoms with Crippen molar-refractivity contribution in [2.75, 3.05) is 38.6 Å². The molecule has 2 atom stereocenters. The molecule has 7 heteroatoms. The zero-order valence-corrected chi connectivity index (χ0v) is 16.0. The number of aliphatic imine (C=N–C) groups is 1. The van der Waals surface area contributed by atoms with Crippen molar-refractivity contribution < 1.29 is 14.3 Å². The number of benzene rings is 1. The normalized spacial score (nSPS) is 19.3. The summed E-state index contributed by atoms with van der Waals surface area (Å²) in [7, 11) is 1.40. The molecule has 2 rings (SSSR count). The van der Waals surface area contributed by atoms with Gasteiger partial charge in [-0.1, -0.05) is 18.9 Å². The zero-order valence-electron chi connectivity index (χ0n) is 16.0. The molecule has 1 aliphatic heterocycles. The van der Waals surface area contributed by atoms with E-state index in [1.54, 1.807) is 24.3 Å². The van der Waals surface area contributed by atoms with Crippen LogP contribution in [0, 0.1) is 24.2 Å². The maximum atomic E-state index is 12.2. The second-order valence-corrected chi connectivity index (χ2v) is 6.46.